The Bertz CT molecular complexity index is 632. The second-order valence-electron chi connectivity index (χ2n) is 4.71. The third kappa shape index (κ3) is 3.03. The average Bonchev–Trinajstić information content (AvgIpc) is 2.35. The molecule has 1 aliphatic heterocycles. The summed E-state index contributed by atoms with van der Waals surface area (Å²) < 4.78 is 25.6. The molecule has 1 saturated heterocycles. The van der Waals surface area contributed by atoms with Gasteiger partial charge in [-0.15, -0.1) is 0 Å². The van der Waals surface area contributed by atoms with Crippen molar-refractivity contribution in [1.82, 2.24) is 9.21 Å². The molecule has 1 aromatic rings. The molecule has 1 aromatic carbocycles. The first kappa shape index (κ1) is 15.0. The molecular formula is C13H15ClN2O3S. The van der Waals surface area contributed by atoms with Crippen LogP contribution in [-0.4, -0.2) is 50.2 Å². The summed E-state index contributed by atoms with van der Waals surface area (Å²) in [6.45, 7) is 4.57. The first-order valence-corrected chi connectivity index (χ1v) is 7.79. The van der Waals surface area contributed by atoms with Crippen molar-refractivity contribution in [2.45, 2.75) is 4.90 Å². The maximum atomic E-state index is 12.3. The van der Waals surface area contributed by atoms with E-state index in [-0.39, 0.29) is 17.3 Å². The maximum absolute atomic E-state index is 12.3. The summed E-state index contributed by atoms with van der Waals surface area (Å²) in [5.74, 6) is -0.225. The van der Waals surface area contributed by atoms with Crippen molar-refractivity contribution in [2.24, 2.45) is 0 Å². The average molecular weight is 315 g/mol. The van der Waals surface area contributed by atoms with Crippen LogP contribution in [0.3, 0.4) is 0 Å². The van der Waals surface area contributed by atoms with Gasteiger partial charge in [0, 0.05) is 25.2 Å². The van der Waals surface area contributed by atoms with Crippen molar-refractivity contribution in [2.75, 3.05) is 26.7 Å². The Balaban J connectivity index is 2.07. The molecule has 0 spiro atoms. The molecule has 0 aliphatic carbocycles. The van der Waals surface area contributed by atoms with Gasteiger partial charge in [-0.3, -0.25) is 4.79 Å². The normalized spacial score (nSPS) is 15.3. The van der Waals surface area contributed by atoms with E-state index in [9.17, 15) is 13.2 Å². The smallest absolute Gasteiger partial charge is 0.243 e. The molecular weight excluding hydrogens is 300 g/mol. The summed E-state index contributed by atoms with van der Waals surface area (Å²) in [5, 5.41) is 0.460. The fourth-order valence-corrected chi connectivity index (χ4v) is 3.08. The maximum Gasteiger partial charge on any atom is 0.243 e. The van der Waals surface area contributed by atoms with Gasteiger partial charge in [-0.1, -0.05) is 18.2 Å². The Hall–Kier alpha value is -1.37. The number of hydrogen-bond donors (Lipinski definition) is 0. The minimum absolute atomic E-state index is 0.116. The molecule has 0 unspecified atom stereocenters. The van der Waals surface area contributed by atoms with Crippen LogP contribution in [0.4, 0.5) is 0 Å². The Morgan fingerprint density at radius 1 is 1.35 bits per heavy atom. The van der Waals surface area contributed by atoms with Crippen molar-refractivity contribution < 1.29 is 13.2 Å². The zero-order valence-corrected chi connectivity index (χ0v) is 12.6. The van der Waals surface area contributed by atoms with Crippen molar-refractivity contribution >= 4 is 27.5 Å². The van der Waals surface area contributed by atoms with Crippen LogP contribution in [0.2, 0.25) is 5.02 Å². The fraction of sp³-hybridized carbons (Fsp3) is 0.308. The number of benzene rings is 1. The lowest BCUT2D eigenvalue weighted by atomic mass is 10.1. The standard InChI is InChI=1S/C13H15ClN2O3S/c1-10-7-16(8-10)13(17)9-15(2)20(18,19)12-5-3-11(14)4-6-12/h3-6H,1,7-9H2,2H3. The summed E-state index contributed by atoms with van der Waals surface area (Å²) in [6, 6.07) is 5.85. The molecule has 1 fully saturated rings. The minimum Gasteiger partial charge on any atom is -0.333 e. The highest BCUT2D eigenvalue weighted by Gasteiger charge is 2.28. The third-order valence-corrected chi connectivity index (χ3v) is 5.13. The predicted molar refractivity (Wildman–Crippen MR) is 77.0 cm³/mol. The molecule has 7 heteroatoms. The van der Waals surface area contributed by atoms with E-state index < -0.39 is 10.0 Å². The second kappa shape index (κ2) is 5.55. The van der Waals surface area contributed by atoms with Crippen LogP contribution in [0.15, 0.2) is 41.3 Å². The van der Waals surface area contributed by atoms with Crippen LogP contribution in [0.25, 0.3) is 0 Å². The highest BCUT2D eigenvalue weighted by Crippen LogP contribution is 2.18. The number of likely N-dealkylation sites (N-methyl/N-ethyl adjacent to an activating group) is 1. The molecule has 1 heterocycles. The van der Waals surface area contributed by atoms with Gasteiger partial charge >= 0.3 is 0 Å². The van der Waals surface area contributed by atoms with E-state index >= 15 is 0 Å². The Morgan fingerprint density at radius 2 is 1.90 bits per heavy atom. The summed E-state index contributed by atoms with van der Waals surface area (Å²) in [5.41, 5.74) is 0.974. The van der Waals surface area contributed by atoms with Crippen LogP contribution in [0.5, 0.6) is 0 Å². The molecule has 1 amide bonds. The van der Waals surface area contributed by atoms with Gasteiger partial charge in [-0.05, 0) is 29.8 Å². The highest BCUT2D eigenvalue weighted by atomic mass is 35.5. The fourth-order valence-electron chi connectivity index (χ4n) is 1.83. The van der Waals surface area contributed by atoms with Gasteiger partial charge in [0.25, 0.3) is 0 Å². The van der Waals surface area contributed by atoms with Crippen molar-refractivity contribution in [3.63, 3.8) is 0 Å². The van der Waals surface area contributed by atoms with Gasteiger partial charge in [0.05, 0.1) is 11.4 Å². The summed E-state index contributed by atoms with van der Waals surface area (Å²) in [7, 11) is -2.29. The number of amides is 1. The molecule has 0 N–H and O–H groups in total. The number of halogens is 1. The largest absolute Gasteiger partial charge is 0.333 e. The molecule has 0 aromatic heterocycles. The van der Waals surface area contributed by atoms with Crippen molar-refractivity contribution in [1.29, 1.82) is 0 Å². The van der Waals surface area contributed by atoms with Crippen molar-refractivity contribution in [3.8, 4) is 0 Å². The monoisotopic (exact) mass is 314 g/mol. The molecule has 0 saturated carbocycles. The van der Waals surface area contributed by atoms with E-state index in [1.807, 2.05) is 0 Å². The van der Waals surface area contributed by atoms with E-state index in [0.29, 0.717) is 18.1 Å². The zero-order chi connectivity index (χ0) is 14.9. The topological polar surface area (TPSA) is 57.7 Å². The van der Waals surface area contributed by atoms with Crippen LogP contribution in [0.1, 0.15) is 0 Å². The summed E-state index contributed by atoms with van der Waals surface area (Å²) >= 11 is 5.73. The minimum atomic E-state index is -3.68. The van der Waals surface area contributed by atoms with Gasteiger partial charge in [0.15, 0.2) is 0 Å². The number of carbonyl (C=O) groups is 1. The lowest BCUT2D eigenvalue weighted by Gasteiger charge is -2.34. The lowest BCUT2D eigenvalue weighted by Crippen LogP contribution is -2.48. The second-order valence-corrected chi connectivity index (χ2v) is 7.20. The zero-order valence-electron chi connectivity index (χ0n) is 11.0. The van der Waals surface area contributed by atoms with E-state index in [4.69, 9.17) is 11.6 Å². The van der Waals surface area contributed by atoms with Gasteiger partial charge in [-0.2, -0.15) is 4.31 Å². The quantitative estimate of drug-likeness (QED) is 0.789. The molecule has 0 bridgehead atoms. The molecule has 108 valence electrons. The molecule has 2 rings (SSSR count). The lowest BCUT2D eigenvalue weighted by molar-refractivity contribution is -0.132. The van der Waals surface area contributed by atoms with Gasteiger partial charge < -0.3 is 4.90 Å². The Kier molecular flexibility index (Phi) is 4.17. The number of rotatable bonds is 4. The van der Waals surface area contributed by atoms with E-state index in [0.717, 1.165) is 9.88 Å². The SMILES string of the molecule is C=C1CN(C(=O)CN(C)S(=O)(=O)c2ccc(Cl)cc2)C1. The molecule has 20 heavy (non-hydrogen) atoms. The highest BCUT2D eigenvalue weighted by molar-refractivity contribution is 7.89. The van der Waals surface area contributed by atoms with Crippen LogP contribution >= 0.6 is 11.6 Å². The molecule has 0 radical (unpaired) electrons. The summed E-state index contributed by atoms with van der Waals surface area (Å²) in [4.78, 5) is 13.6. The van der Waals surface area contributed by atoms with Gasteiger partial charge in [-0.25, -0.2) is 8.42 Å². The van der Waals surface area contributed by atoms with Crippen LogP contribution in [-0.2, 0) is 14.8 Å². The Labute approximate surface area is 123 Å². The third-order valence-electron chi connectivity index (χ3n) is 3.06. The van der Waals surface area contributed by atoms with E-state index in [2.05, 4.69) is 6.58 Å². The number of nitrogens with zero attached hydrogens (tertiary/aromatic N) is 2. The first-order valence-electron chi connectivity index (χ1n) is 5.97. The Morgan fingerprint density at radius 3 is 2.40 bits per heavy atom. The predicted octanol–water partition coefficient (Wildman–Crippen LogP) is 1.36. The molecule has 5 nitrogen and oxygen atoms in total. The van der Waals surface area contributed by atoms with Crippen molar-refractivity contribution in [3.05, 3.63) is 41.4 Å². The van der Waals surface area contributed by atoms with Crippen LogP contribution < -0.4 is 0 Å². The van der Waals surface area contributed by atoms with E-state index in [1.54, 1.807) is 4.90 Å². The number of hydrogen-bond acceptors (Lipinski definition) is 3. The number of sulfonamides is 1. The number of carbonyl (C=O) groups excluding carboxylic acids is 1. The molecule has 1 aliphatic rings. The van der Waals surface area contributed by atoms with Gasteiger partial charge in [0.1, 0.15) is 0 Å². The van der Waals surface area contributed by atoms with Crippen LogP contribution in [0, 0.1) is 0 Å². The summed E-state index contributed by atoms with van der Waals surface area (Å²) in [6.07, 6.45) is 0. The van der Waals surface area contributed by atoms with Gasteiger partial charge in [0.2, 0.25) is 15.9 Å². The van der Waals surface area contributed by atoms with E-state index in [1.165, 1.54) is 31.3 Å². The first-order chi connectivity index (χ1) is 9.30. The molecule has 0 atom stereocenters. The number of likely N-dealkylation sites (tertiary alicyclic amines) is 1.